The van der Waals surface area contributed by atoms with Crippen LogP contribution in [0.3, 0.4) is 0 Å². The Morgan fingerprint density at radius 3 is 2.81 bits per heavy atom. The molecule has 10 heteroatoms. The highest BCUT2D eigenvalue weighted by Gasteiger charge is 2.44. The molecule has 2 unspecified atom stereocenters. The number of alkyl halides is 4. The smallest absolute Gasteiger partial charge is 0.387 e. The molecule has 0 spiro atoms. The lowest BCUT2D eigenvalue weighted by Crippen LogP contribution is -2.49. The highest BCUT2D eigenvalue weighted by molar-refractivity contribution is 5.85. The molecule has 1 aromatic rings. The van der Waals surface area contributed by atoms with E-state index >= 15 is 0 Å². The van der Waals surface area contributed by atoms with Crippen molar-refractivity contribution in [3.63, 3.8) is 0 Å². The van der Waals surface area contributed by atoms with Gasteiger partial charge in [0.25, 0.3) is 5.92 Å². The molecule has 2 saturated heterocycles. The molecule has 26 heavy (non-hydrogen) atoms. The third-order valence-electron chi connectivity index (χ3n) is 4.24. The monoisotopic (exact) mass is 398 g/mol. The normalized spacial score (nSPS) is 25.0. The summed E-state index contributed by atoms with van der Waals surface area (Å²) in [6.45, 7) is -2.74. The predicted molar refractivity (Wildman–Crippen MR) is 86.9 cm³/mol. The molecule has 0 saturated carbocycles. The molecule has 1 amide bonds. The fourth-order valence-corrected chi connectivity index (χ4v) is 3.05. The molecule has 0 radical (unpaired) electrons. The van der Waals surface area contributed by atoms with Gasteiger partial charge in [0.2, 0.25) is 5.91 Å². The summed E-state index contributed by atoms with van der Waals surface area (Å²) < 4.78 is 61.2. The fourth-order valence-electron chi connectivity index (χ4n) is 3.05. The molecule has 0 aliphatic carbocycles. The van der Waals surface area contributed by atoms with E-state index in [0.29, 0.717) is 12.1 Å². The van der Waals surface area contributed by atoms with E-state index in [2.05, 4.69) is 10.1 Å². The predicted octanol–water partition coefficient (Wildman–Crippen LogP) is 2.61. The number of carbonyl (C=O) groups excluding carboxylic acids is 1. The van der Waals surface area contributed by atoms with Gasteiger partial charge in [0.1, 0.15) is 11.9 Å². The number of morpholine rings is 1. The van der Waals surface area contributed by atoms with E-state index in [1.165, 1.54) is 17.0 Å². The standard InChI is InChI=1S/C16H18F4N2O3.ClH/c17-15(18)25-11-3-1-2-10(6-11)13-8-22(4-5-24-13)14(23)12-7-16(19,20)9-21-12;/h1-3,6,12-13,15,21H,4-5,7-9H2;1H. The zero-order chi connectivity index (χ0) is 18.0. The molecular weight excluding hydrogens is 380 g/mol. The topological polar surface area (TPSA) is 50.8 Å². The number of nitrogens with zero attached hydrogens (tertiary/aromatic N) is 1. The van der Waals surface area contributed by atoms with E-state index in [9.17, 15) is 22.4 Å². The van der Waals surface area contributed by atoms with Gasteiger partial charge in [0.05, 0.1) is 25.7 Å². The average molecular weight is 399 g/mol. The van der Waals surface area contributed by atoms with Crippen LogP contribution in [0, 0.1) is 0 Å². The second-order valence-corrected chi connectivity index (χ2v) is 6.09. The number of ether oxygens (including phenoxy) is 2. The molecule has 0 aromatic heterocycles. The summed E-state index contributed by atoms with van der Waals surface area (Å²) in [6.07, 6.45) is -1.05. The van der Waals surface area contributed by atoms with Crippen LogP contribution in [0.15, 0.2) is 24.3 Å². The van der Waals surface area contributed by atoms with Gasteiger partial charge >= 0.3 is 6.61 Å². The molecule has 1 N–H and O–H groups in total. The number of halogens is 5. The van der Waals surface area contributed by atoms with Crippen molar-refractivity contribution in [3.8, 4) is 5.75 Å². The van der Waals surface area contributed by atoms with Crippen LogP contribution in [0.25, 0.3) is 0 Å². The van der Waals surface area contributed by atoms with Crippen LogP contribution in [0.5, 0.6) is 5.75 Å². The van der Waals surface area contributed by atoms with Crippen LogP contribution in [-0.2, 0) is 9.53 Å². The number of hydrogen-bond donors (Lipinski definition) is 1. The average Bonchev–Trinajstić information content (AvgIpc) is 2.94. The first-order valence-electron chi connectivity index (χ1n) is 7.90. The lowest BCUT2D eigenvalue weighted by atomic mass is 10.1. The Morgan fingerprint density at radius 2 is 2.15 bits per heavy atom. The maximum absolute atomic E-state index is 13.3. The molecule has 0 bridgehead atoms. The van der Waals surface area contributed by atoms with Gasteiger partial charge in [0.15, 0.2) is 0 Å². The summed E-state index contributed by atoms with van der Waals surface area (Å²) in [6, 6.07) is 5.13. The first-order chi connectivity index (χ1) is 11.8. The number of hydrogen-bond acceptors (Lipinski definition) is 4. The number of benzene rings is 1. The van der Waals surface area contributed by atoms with Gasteiger partial charge in [0, 0.05) is 13.0 Å². The Bertz CT molecular complexity index is 635. The molecule has 2 aliphatic heterocycles. The van der Waals surface area contributed by atoms with E-state index in [0.717, 1.165) is 0 Å². The Balaban J connectivity index is 0.00000243. The maximum atomic E-state index is 13.3. The SMILES string of the molecule is Cl.O=C(C1CC(F)(F)CN1)N1CCOC(c2cccc(OC(F)F)c2)C1. The lowest BCUT2D eigenvalue weighted by molar-refractivity contribution is -0.141. The first kappa shape index (κ1) is 20.7. The van der Waals surface area contributed by atoms with Crippen molar-refractivity contribution in [1.29, 1.82) is 0 Å². The molecule has 3 rings (SSSR count). The summed E-state index contributed by atoms with van der Waals surface area (Å²) in [4.78, 5) is 13.9. The van der Waals surface area contributed by atoms with Crippen LogP contribution in [0.4, 0.5) is 17.6 Å². The Morgan fingerprint density at radius 1 is 1.38 bits per heavy atom. The number of nitrogens with one attached hydrogen (secondary N) is 1. The van der Waals surface area contributed by atoms with E-state index in [4.69, 9.17) is 4.74 Å². The third kappa shape index (κ3) is 4.99. The summed E-state index contributed by atoms with van der Waals surface area (Å²) in [5.41, 5.74) is 0.584. The van der Waals surface area contributed by atoms with Crippen molar-refractivity contribution in [1.82, 2.24) is 10.2 Å². The first-order valence-corrected chi connectivity index (χ1v) is 7.90. The van der Waals surface area contributed by atoms with Gasteiger partial charge in [-0.1, -0.05) is 12.1 Å². The van der Waals surface area contributed by atoms with Crippen molar-refractivity contribution in [2.45, 2.75) is 31.1 Å². The van der Waals surface area contributed by atoms with Crippen molar-refractivity contribution < 1.29 is 31.8 Å². The molecular formula is C16H19ClF4N2O3. The van der Waals surface area contributed by atoms with Gasteiger partial charge in [-0.3, -0.25) is 10.1 Å². The molecule has 2 heterocycles. The molecule has 146 valence electrons. The van der Waals surface area contributed by atoms with Gasteiger partial charge in [-0.2, -0.15) is 8.78 Å². The van der Waals surface area contributed by atoms with Crippen LogP contribution < -0.4 is 10.1 Å². The van der Waals surface area contributed by atoms with Gasteiger partial charge in [-0.25, -0.2) is 8.78 Å². The second-order valence-electron chi connectivity index (χ2n) is 6.09. The van der Waals surface area contributed by atoms with E-state index in [-0.39, 0.29) is 31.3 Å². The summed E-state index contributed by atoms with van der Waals surface area (Å²) in [7, 11) is 0. The summed E-state index contributed by atoms with van der Waals surface area (Å²) in [5.74, 6) is -3.28. The Labute approximate surface area is 154 Å². The summed E-state index contributed by atoms with van der Waals surface area (Å²) in [5, 5.41) is 2.54. The van der Waals surface area contributed by atoms with Crippen molar-refractivity contribution in [2.75, 3.05) is 26.2 Å². The van der Waals surface area contributed by atoms with Crippen LogP contribution in [0.1, 0.15) is 18.1 Å². The van der Waals surface area contributed by atoms with Crippen LogP contribution >= 0.6 is 12.4 Å². The molecule has 2 atom stereocenters. The molecule has 1 aromatic carbocycles. The maximum Gasteiger partial charge on any atom is 0.387 e. The minimum atomic E-state index is -2.93. The van der Waals surface area contributed by atoms with Crippen molar-refractivity contribution in [2.24, 2.45) is 0 Å². The number of rotatable bonds is 4. The van der Waals surface area contributed by atoms with Crippen molar-refractivity contribution >= 4 is 18.3 Å². The number of carbonyl (C=O) groups is 1. The largest absolute Gasteiger partial charge is 0.435 e. The van der Waals surface area contributed by atoms with E-state index in [1.54, 1.807) is 12.1 Å². The lowest BCUT2D eigenvalue weighted by Gasteiger charge is -2.34. The van der Waals surface area contributed by atoms with Crippen LogP contribution in [-0.4, -0.2) is 55.6 Å². The Kier molecular flexibility index (Phi) is 6.70. The van der Waals surface area contributed by atoms with Crippen molar-refractivity contribution in [3.05, 3.63) is 29.8 Å². The highest BCUT2D eigenvalue weighted by Crippen LogP contribution is 2.29. The van der Waals surface area contributed by atoms with E-state index in [1.807, 2.05) is 0 Å². The molecule has 2 fully saturated rings. The Hall–Kier alpha value is -1.58. The van der Waals surface area contributed by atoms with Gasteiger partial charge in [-0.05, 0) is 17.7 Å². The van der Waals surface area contributed by atoms with Gasteiger partial charge < -0.3 is 14.4 Å². The van der Waals surface area contributed by atoms with E-state index < -0.39 is 43.6 Å². The molecule has 5 nitrogen and oxygen atoms in total. The minimum absolute atomic E-state index is 0. The third-order valence-corrected chi connectivity index (χ3v) is 4.24. The van der Waals surface area contributed by atoms with Gasteiger partial charge in [-0.15, -0.1) is 12.4 Å². The highest BCUT2D eigenvalue weighted by atomic mass is 35.5. The fraction of sp³-hybridized carbons (Fsp3) is 0.562. The minimum Gasteiger partial charge on any atom is -0.435 e. The zero-order valence-electron chi connectivity index (χ0n) is 13.7. The second kappa shape index (κ2) is 8.41. The molecule has 2 aliphatic rings. The quantitative estimate of drug-likeness (QED) is 0.792. The summed E-state index contributed by atoms with van der Waals surface area (Å²) >= 11 is 0. The zero-order valence-corrected chi connectivity index (χ0v) is 14.5. The number of amides is 1. The van der Waals surface area contributed by atoms with Crippen LogP contribution in [0.2, 0.25) is 0 Å².